The van der Waals surface area contributed by atoms with E-state index in [-0.39, 0.29) is 17.4 Å². The Bertz CT molecular complexity index is 1250. The first-order valence-corrected chi connectivity index (χ1v) is 11.4. The van der Waals surface area contributed by atoms with Crippen LogP contribution in [0.4, 0.5) is 5.69 Å². The molecule has 8 heteroatoms. The molecular formula is C23H21N3O3S2. The van der Waals surface area contributed by atoms with Crippen LogP contribution in [0.2, 0.25) is 0 Å². The minimum absolute atomic E-state index is 0.0450. The average molecular weight is 452 g/mol. The van der Waals surface area contributed by atoms with Crippen LogP contribution in [-0.2, 0) is 4.79 Å². The lowest BCUT2D eigenvalue weighted by atomic mass is 10.0. The van der Waals surface area contributed by atoms with Crippen LogP contribution in [0.3, 0.4) is 0 Å². The molecule has 158 valence electrons. The molecule has 1 amide bonds. The summed E-state index contributed by atoms with van der Waals surface area (Å²) in [4.78, 5) is 23.4. The Kier molecular flexibility index (Phi) is 6.11. The Morgan fingerprint density at radius 2 is 1.94 bits per heavy atom. The maximum atomic E-state index is 12.5. The minimum atomic E-state index is -0.212. The average Bonchev–Trinajstić information content (AvgIpc) is 3.11. The van der Waals surface area contributed by atoms with Crippen LogP contribution in [0, 0.1) is 13.8 Å². The molecule has 4 aromatic rings. The number of methoxy groups -OCH3 is 1. The van der Waals surface area contributed by atoms with Gasteiger partial charge in [0.2, 0.25) is 5.91 Å². The Morgan fingerprint density at radius 3 is 2.68 bits per heavy atom. The van der Waals surface area contributed by atoms with Crippen molar-refractivity contribution in [3.05, 3.63) is 59.2 Å². The van der Waals surface area contributed by atoms with Crippen molar-refractivity contribution in [1.82, 2.24) is 9.97 Å². The standard InChI is InChI=1S/C23H21N3O3S2/c1-13-4-9-18(27)17(10-13)26-19(28)11-30-22-21-20(14(2)31-23(21)25-12-24-22)15-5-7-16(29-3)8-6-15/h4-10,12,27H,11H2,1-3H3,(H,26,28). The third-order valence-electron chi connectivity index (χ3n) is 4.77. The maximum Gasteiger partial charge on any atom is 0.234 e. The van der Waals surface area contributed by atoms with Crippen LogP contribution < -0.4 is 10.1 Å². The number of benzene rings is 2. The van der Waals surface area contributed by atoms with Crippen LogP contribution in [0.5, 0.6) is 11.5 Å². The Labute approximate surface area is 188 Å². The molecule has 0 spiro atoms. The minimum Gasteiger partial charge on any atom is -0.506 e. The Hall–Kier alpha value is -3.10. The predicted molar refractivity (Wildman–Crippen MR) is 126 cm³/mol. The van der Waals surface area contributed by atoms with Crippen molar-refractivity contribution in [1.29, 1.82) is 0 Å². The van der Waals surface area contributed by atoms with Crippen molar-refractivity contribution in [2.75, 3.05) is 18.2 Å². The number of carbonyl (C=O) groups is 1. The molecule has 0 radical (unpaired) electrons. The number of anilines is 1. The number of phenols is 1. The van der Waals surface area contributed by atoms with E-state index >= 15 is 0 Å². The second-order valence-corrected chi connectivity index (χ2v) is 9.15. The van der Waals surface area contributed by atoms with Gasteiger partial charge in [0.05, 0.1) is 23.9 Å². The number of thiophene rings is 1. The number of phenolic OH excluding ortho intramolecular Hbond substituents is 1. The summed E-state index contributed by atoms with van der Waals surface area (Å²) in [6.45, 7) is 3.97. The summed E-state index contributed by atoms with van der Waals surface area (Å²) >= 11 is 2.96. The molecule has 2 aromatic heterocycles. The van der Waals surface area contributed by atoms with E-state index in [0.717, 1.165) is 42.6 Å². The second kappa shape index (κ2) is 8.95. The summed E-state index contributed by atoms with van der Waals surface area (Å²) in [5, 5.41) is 14.4. The normalized spacial score (nSPS) is 10.9. The number of hydrogen-bond donors (Lipinski definition) is 2. The first kappa shape index (κ1) is 21.1. The fourth-order valence-corrected chi connectivity index (χ4v) is 5.18. The number of amides is 1. The first-order valence-electron chi connectivity index (χ1n) is 9.57. The number of nitrogens with one attached hydrogen (secondary N) is 1. The quantitative estimate of drug-likeness (QED) is 0.231. The molecular weight excluding hydrogens is 430 g/mol. The molecule has 4 rings (SSSR count). The van der Waals surface area contributed by atoms with E-state index in [0.29, 0.717) is 5.69 Å². The summed E-state index contributed by atoms with van der Waals surface area (Å²) < 4.78 is 5.27. The van der Waals surface area contributed by atoms with Gasteiger partial charge in [0.15, 0.2) is 0 Å². The molecule has 0 atom stereocenters. The number of ether oxygens (including phenoxy) is 1. The molecule has 2 N–H and O–H groups in total. The zero-order valence-corrected chi connectivity index (χ0v) is 18.9. The second-order valence-electron chi connectivity index (χ2n) is 6.98. The number of rotatable bonds is 6. The van der Waals surface area contributed by atoms with Gasteiger partial charge in [0.25, 0.3) is 0 Å². The molecule has 0 bridgehead atoms. The summed E-state index contributed by atoms with van der Waals surface area (Å²) in [5.74, 6) is 0.790. The number of thioether (sulfide) groups is 1. The van der Waals surface area contributed by atoms with Crippen molar-refractivity contribution in [3.8, 4) is 22.6 Å². The smallest absolute Gasteiger partial charge is 0.234 e. The number of fused-ring (bicyclic) bond motifs is 1. The Morgan fingerprint density at radius 1 is 1.16 bits per heavy atom. The third kappa shape index (κ3) is 4.50. The summed E-state index contributed by atoms with van der Waals surface area (Å²) in [7, 11) is 1.64. The lowest BCUT2D eigenvalue weighted by molar-refractivity contribution is -0.113. The number of aromatic hydroxyl groups is 1. The summed E-state index contributed by atoms with van der Waals surface area (Å²) in [6, 6.07) is 13.0. The Balaban J connectivity index is 1.60. The molecule has 0 fully saturated rings. The molecule has 6 nitrogen and oxygen atoms in total. The zero-order chi connectivity index (χ0) is 22.0. The molecule has 0 saturated heterocycles. The van der Waals surface area contributed by atoms with Gasteiger partial charge in [-0.05, 0) is 49.2 Å². The fourth-order valence-electron chi connectivity index (χ4n) is 3.30. The van der Waals surface area contributed by atoms with Crippen LogP contribution in [0.1, 0.15) is 10.4 Å². The van der Waals surface area contributed by atoms with E-state index < -0.39 is 0 Å². The van der Waals surface area contributed by atoms with E-state index in [1.54, 1.807) is 36.6 Å². The monoisotopic (exact) mass is 451 g/mol. The molecule has 0 unspecified atom stereocenters. The highest BCUT2D eigenvalue weighted by Crippen LogP contribution is 2.41. The van der Waals surface area contributed by atoms with Crippen molar-refractivity contribution >= 4 is 44.9 Å². The van der Waals surface area contributed by atoms with Gasteiger partial charge in [-0.1, -0.05) is 30.0 Å². The van der Waals surface area contributed by atoms with E-state index in [2.05, 4.69) is 22.2 Å². The van der Waals surface area contributed by atoms with Crippen LogP contribution in [-0.4, -0.2) is 33.8 Å². The third-order valence-corrected chi connectivity index (χ3v) is 6.78. The van der Waals surface area contributed by atoms with Crippen molar-refractivity contribution < 1.29 is 14.6 Å². The molecule has 0 saturated carbocycles. The highest BCUT2D eigenvalue weighted by molar-refractivity contribution is 8.00. The lowest BCUT2D eigenvalue weighted by Gasteiger charge is -2.09. The van der Waals surface area contributed by atoms with Gasteiger partial charge < -0.3 is 15.2 Å². The zero-order valence-electron chi connectivity index (χ0n) is 17.3. The summed E-state index contributed by atoms with van der Waals surface area (Å²) in [5.41, 5.74) is 3.48. The highest BCUT2D eigenvalue weighted by Gasteiger charge is 2.18. The maximum absolute atomic E-state index is 12.5. The van der Waals surface area contributed by atoms with E-state index in [1.807, 2.05) is 31.2 Å². The molecule has 0 aliphatic rings. The molecule has 2 aromatic carbocycles. The van der Waals surface area contributed by atoms with E-state index in [9.17, 15) is 9.90 Å². The number of hydrogen-bond acceptors (Lipinski definition) is 7. The van der Waals surface area contributed by atoms with E-state index in [1.165, 1.54) is 18.1 Å². The first-order chi connectivity index (χ1) is 15.0. The van der Waals surface area contributed by atoms with Crippen LogP contribution >= 0.6 is 23.1 Å². The summed E-state index contributed by atoms with van der Waals surface area (Å²) in [6.07, 6.45) is 1.53. The van der Waals surface area contributed by atoms with Crippen molar-refractivity contribution in [2.45, 2.75) is 18.9 Å². The largest absolute Gasteiger partial charge is 0.506 e. The highest BCUT2D eigenvalue weighted by atomic mass is 32.2. The predicted octanol–water partition coefficient (Wildman–Crippen LogP) is 5.42. The molecule has 0 aliphatic carbocycles. The molecule has 2 heterocycles. The van der Waals surface area contributed by atoms with Gasteiger partial charge in [0.1, 0.15) is 27.7 Å². The van der Waals surface area contributed by atoms with E-state index in [4.69, 9.17) is 4.74 Å². The van der Waals surface area contributed by atoms with Gasteiger partial charge in [-0.2, -0.15) is 0 Å². The van der Waals surface area contributed by atoms with Crippen molar-refractivity contribution in [3.63, 3.8) is 0 Å². The van der Waals surface area contributed by atoms with Gasteiger partial charge in [-0.3, -0.25) is 4.79 Å². The molecule has 31 heavy (non-hydrogen) atoms. The van der Waals surface area contributed by atoms with Crippen LogP contribution in [0.25, 0.3) is 21.3 Å². The molecule has 0 aliphatic heterocycles. The van der Waals surface area contributed by atoms with Gasteiger partial charge in [-0.25, -0.2) is 9.97 Å². The fraction of sp³-hybridized carbons (Fsp3) is 0.174. The number of nitrogens with zero attached hydrogens (tertiary/aromatic N) is 2. The van der Waals surface area contributed by atoms with Crippen LogP contribution in [0.15, 0.2) is 53.8 Å². The lowest BCUT2D eigenvalue weighted by Crippen LogP contribution is -2.14. The SMILES string of the molecule is COc1ccc(-c2c(C)sc3ncnc(SCC(=O)Nc4cc(C)ccc4O)c23)cc1. The number of aryl methyl sites for hydroxylation is 2. The number of aromatic nitrogens is 2. The van der Waals surface area contributed by atoms with Gasteiger partial charge in [-0.15, -0.1) is 11.3 Å². The van der Waals surface area contributed by atoms with Crippen molar-refractivity contribution in [2.24, 2.45) is 0 Å². The topological polar surface area (TPSA) is 84.3 Å². The van der Waals surface area contributed by atoms with Gasteiger partial charge >= 0.3 is 0 Å². The number of carbonyl (C=O) groups excluding carboxylic acids is 1. The van der Waals surface area contributed by atoms with Gasteiger partial charge in [0, 0.05) is 10.4 Å².